The van der Waals surface area contributed by atoms with Crippen LogP contribution in [0, 0.1) is 0 Å². The molecule has 2 heteroatoms. The average Bonchev–Trinajstić information content (AvgIpc) is 1.90. The van der Waals surface area contributed by atoms with Gasteiger partial charge >= 0.3 is 0 Å². The Labute approximate surface area is 48.6 Å². The van der Waals surface area contributed by atoms with Crippen LogP contribution >= 0.6 is 0 Å². The molecule has 0 aromatic rings. The Morgan fingerprint density at radius 1 is 1.62 bits per heavy atom. The van der Waals surface area contributed by atoms with Crippen molar-refractivity contribution in [2.24, 2.45) is 0 Å². The highest BCUT2D eigenvalue weighted by Crippen LogP contribution is 1.94. The van der Waals surface area contributed by atoms with E-state index in [2.05, 4.69) is 5.32 Å². The summed E-state index contributed by atoms with van der Waals surface area (Å²) in [4.78, 5) is 9.94. The maximum atomic E-state index is 9.94. The average molecular weight is 110 g/mol. The summed E-state index contributed by atoms with van der Waals surface area (Å²) in [6.07, 6.45) is 6.69. The van der Waals surface area contributed by atoms with Crippen LogP contribution < -0.4 is 5.32 Å². The molecule has 1 heterocycles. The predicted octanol–water partition coefficient (Wildman–Crippen LogP) is 0.0142. The van der Waals surface area contributed by atoms with Crippen molar-refractivity contribution in [2.75, 3.05) is 6.54 Å². The molecular formula is C6H8NO. The van der Waals surface area contributed by atoms with Crippen molar-refractivity contribution < 1.29 is 4.79 Å². The molecular weight excluding hydrogens is 102 g/mol. The second-order valence-corrected chi connectivity index (χ2v) is 1.79. The Morgan fingerprint density at radius 3 is 2.88 bits per heavy atom. The maximum Gasteiger partial charge on any atom is 0.217 e. The lowest BCUT2D eigenvalue weighted by Gasteiger charge is -2.10. The molecule has 8 heavy (non-hydrogen) atoms. The zero-order valence-corrected chi connectivity index (χ0v) is 4.55. The lowest BCUT2D eigenvalue weighted by Crippen LogP contribution is -2.32. The monoisotopic (exact) mass is 110 g/mol. The third kappa shape index (κ3) is 1.17. The number of nitrogens with one attached hydrogen (secondary N) is 1. The Hall–Kier alpha value is -0.630. The van der Waals surface area contributed by atoms with E-state index in [1.54, 1.807) is 0 Å². The van der Waals surface area contributed by atoms with Gasteiger partial charge in [-0.3, -0.25) is 4.79 Å². The number of hydrogen-bond donors (Lipinski definition) is 1. The molecule has 1 rings (SSSR count). The Kier molecular flexibility index (Phi) is 1.80. The van der Waals surface area contributed by atoms with Gasteiger partial charge in [0.2, 0.25) is 6.29 Å². The summed E-state index contributed by atoms with van der Waals surface area (Å²) in [5, 5.41) is 2.96. The Bertz CT molecular complexity index is 109. The molecule has 1 N–H and O–H groups in total. The van der Waals surface area contributed by atoms with Crippen LogP contribution in [0.25, 0.3) is 0 Å². The zero-order valence-electron chi connectivity index (χ0n) is 4.55. The van der Waals surface area contributed by atoms with Gasteiger partial charge in [0, 0.05) is 6.54 Å². The van der Waals surface area contributed by atoms with Gasteiger partial charge in [0.25, 0.3) is 0 Å². The van der Waals surface area contributed by atoms with Crippen molar-refractivity contribution in [1.82, 2.24) is 5.32 Å². The molecule has 1 unspecified atom stereocenters. The van der Waals surface area contributed by atoms with Crippen molar-refractivity contribution in [1.29, 1.82) is 0 Å². The summed E-state index contributed by atoms with van der Waals surface area (Å²) in [5.41, 5.74) is 0. The van der Waals surface area contributed by atoms with Crippen LogP contribution in [0.2, 0.25) is 0 Å². The van der Waals surface area contributed by atoms with Crippen molar-refractivity contribution in [3.8, 4) is 0 Å². The van der Waals surface area contributed by atoms with Crippen LogP contribution in [0.5, 0.6) is 0 Å². The van der Waals surface area contributed by atoms with Crippen molar-refractivity contribution in [3.05, 3.63) is 12.2 Å². The van der Waals surface area contributed by atoms with Gasteiger partial charge in [-0.25, -0.2) is 0 Å². The molecule has 0 bridgehead atoms. The van der Waals surface area contributed by atoms with E-state index in [4.69, 9.17) is 0 Å². The summed E-state index contributed by atoms with van der Waals surface area (Å²) >= 11 is 0. The quantitative estimate of drug-likeness (QED) is 0.482. The fourth-order valence-electron chi connectivity index (χ4n) is 0.699. The second-order valence-electron chi connectivity index (χ2n) is 1.79. The minimum absolute atomic E-state index is 0.0556. The number of carbonyl (C=O) groups excluding carboxylic acids is 1. The van der Waals surface area contributed by atoms with E-state index in [-0.39, 0.29) is 6.04 Å². The molecule has 0 amide bonds. The topological polar surface area (TPSA) is 29.1 Å². The molecule has 1 radical (unpaired) electrons. The van der Waals surface area contributed by atoms with Gasteiger partial charge in [0.15, 0.2) is 0 Å². The van der Waals surface area contributed by atoms with Gasteiger partial charge in [0.05, 0.1) is 6.04 Å². The van der Waals surface area contributed by atoms with Gasteiger partial charge in [0.1, 0.15) is 0 Å². The normalized spacial score (nSPS) is 27.8. The molecule has 1 aliphatic heterocycles. The molecule has 0 aromatic carbocycles. The Balaban J connectivity index is 2.37. The first-order chi connectivity index (χ1) is 3.93. The first-order valence-corrected chi connectivity index (χ1v) is 2.69. The highest BCUT2D eigenvalue weighted by molar-refractivity contribution is 5.59. The van der Waals surface area contributed by atoms with Crippen molar-refractivity contribution in [3.63, 3.8) is 0 Å². The summed E-state index contributed by atoms with van der Waals surface area (Å²) in [6, 6.07) is -0.0556. The smallest absolute Gasteiger partial charge is 0.217 e. The van der Waals surface area contributed by atoms with Gasteiger partial charge in [-0.2, -0.15) is 0 Å². The highest BCUT2D eigenvalue weighted by Gasteiger charge is 2.05. The molecule has 0 saturated heterocycles. The largest absolute Gasteiger partial charge is 0.303 e. The van der Waals surface area contributed by atoms with E-state index in [9.17, 15) is 4.79 Å². The predicted molar refractivity (Wildman–Crippen MR) is 31.2 cm³/mol. The third-order valence-electron chi connectivity index (χ3n) is 1.16. The van der Waals surface area contributed by atoms with Gasteiger partial charge in [-0.1, -0.05) is 12.2 Å². The third-order valence-corrected chi connectivity index (χ3v) is 1.16. The van der Waals surface area contributed by atoms with Gasteiger partial charge in [-0.15, -0.1) is 0 Å². The Morgan fingerprint density at radius 2 is 2.50 bits per heavy atom. The van der Waals surface area contributed by atoms with Crippen molar-refractivity contribution in [2.45, 2.75) is 12.5 Å². The van der Waals surface area contributed by atoms with Crippen LogP contribution in [0.1, 0.15) is 6.42 Å². The van der Waals surface area contributed by atoms with E-state index in [1.807, 2.05) is 18.4 Å². The molecule has 2 nitrogen and oxygen atoms in total. The van der Waals surface area contributed by atoms with E-state index in [1.165, 1.54) is 0 Å². The maximum absolute atomic E-state index is 9.94. The molecule has 0 saturated carbocycles. The zero-order chi connectivity index (χ0) is 5.82. The minimum atomic E-state index is -0.0556. The van der Waals surface area contributed by atoms with E-state index in [0.717, 1.165) is 13.0 Å². The summed E-state index contributed by atoms with van der Waals surface area (Å²) < 4.78 is 0. The van der Waals surface area contributed by atoms with E-state index >= 15 is 0 Å². The first kappa shape index (κ1) is 5.51. The van der Waals surface area contributed by atoms with Crippen molar-refractivity contribution >= 4 is 6.29 Å². The molecule has 43 valence electrons. The van der Waals surface area contributed by atoms with E-state index < -0.39 is 0 Å². The lowest BCUT2D eigenvalue weighted by atomic mass is 10.2. The van der Waals surface area contributed by atoms with Crippen LogP contribution in [-0.4, -0.2) is 18.9 Å². The molecule has 1 atom stereocenters. The number of hydrogen-bond acceptors (Lipinski definition) is 2. The summed E-state index contributed by atoms with van der Waals surface area (Å²) in [5.74, 6) is 0. The van der Waals surface area contributed by atoms with Crippen LogP contribution in [0.3, 0.4) is 0 Å². The molecule has 0 aromatic heterocycles. The second kappa shape index (κ2) is 2.62. The summed E-state index contributed by atoms with van der Waals surface area (Å²) in [7, 11) is 0. The molecule has 1 aliphatic rings. The molecule has 0 spiro atoms. The number of rotatable bonds is 1. The lowest BCUT2D eigenvalue weighted by molar-refractivity contribution is 0.518. The fraction of sp³-hybridized carbons (Fsp3) is 0.500. The van der Waals surface area contributed by atoms with Gasteiger partial charge < -0.3 is 5.32 Å². The van der Waals surface area contributed by atoms with Crippen LogP contribution in [-0.2, 0) is 4.79 Å². The van der Waals surface area contributed by atoms with Gasteiger partial charge in [-0.05, 0) is 6.42 Å². The fourth-order valence-corrected chi connectivity index (χ4v) is 0.699. The molecule has 0 aliphatic carbocycles. The standard InChI is InChI=1S/C6H8NO/c8-5-6-3-1-2-4-7-6/h1-2,6-7H,3-4H2. The van der Waals surface area contributed by atoms with Crippen LogP contribution in [0.4, 0.5) is 0 Å². The highest BCUT2D eigenvalue weighted by atomic mass is 16.1. The minimum Gasteiger partial charge on any atom is -0.303 e. The van der Waals surface area contributed by atoms with Crippen LogP contribution in [0.15, 0.2) is 12.2 Å². The first-order valence-electron chi connectivity index (χ1n) is 2.69. The summed E-state index contributed by atoms with van der Waals surface area (Å²) in [6.45, 7) is 0.805. The molecule has 0 fully saturated rings. The van der Waals surface area contributed by atoms with E-state index in [0.29, 0.717) is 0 Å². The SMILES string of the molecule is O=[C]C1CC=CCN1.